The summed E-state index contributed by atoms with van der Waals surface area (Å²) in [7, 11) is 2.08. The molecule has 1 aromatic carbocycles. The Bertz CT molecular complexity index is 621. The molecule has 142 valence electrons. The first-order chi connectivity index (χ1) is 12.5. The van der Waals surface area contributed by atoms with Gasteiger partial charge in [0.15, 0.2) is 6.61 Å². The Balaban J connectivity index is 1.42. The van der Waals surface area contributed by atoms with Gasteiger partial charge in [0, 0.05) is 50.2 Å². The number of hydrogen-bond acceptors (Lipinski definition) is 4. The van der Waals surface area contributed by atoms with Crippen LogP contribution in [-0.4, -0.2) is 79.4 Å². The third-order valence-corrected chi connectivity index (χ3v) is 5.44. The molecule has 0 aromatic heterocycles. The number of hydrogen-bond donors (Lipinski definition) is 0. The lowest BCUT2D eigenvalue weighted by atomic mass is 9.95. The fourth-order valence-corrected chi connectivity index (χ4v) is 3.55. The zero-order valence-corrected chi connectivity index (χ0v) is 16.0. The van der Waals surface area contributed by atoms with Crippen LogP contribution in [0, 0.1) is 5.92 Å². The Morgan fingerprint density at radius 1 is 1.00 bits per heavy atom. The van der Waals surface area contributed by atoms with Crippen molar-refractivity contribution < 1.29 is 14.3 Å². The lowest BCUT2D eigenvalue weighted by Crippen LogP contribution is -2.51. The van der Waals surface area contributed by atoms with E-state index in [1.807, 2.05) is 4.90 Å². The van der Waals surface area contributed by atoms with Crippen LogP contribution in [0.4, 0.5) is 0 Å². The minimum absolute atomic E-state index is 0.0126. The molecule has 6 nitrogen and oxygen atoms in total. The summed E-state index contributed by atoms with van der Waals surface area (Å²) in [4.78, 5) is 31.0. The van der Waals surface area contributed by atoms with Crippen LogP contribution in [0.5, 0.6) is 5.75 Å². The highest BCUT2D eigenvalue weighted by Crippen LogP contribution is 2.21. The van der Waals surface area contributed by atoms with Gasteiger partial charge in [-0.25, -0.2) is 0 Å². The van der Waals surface area contributed by atoms with Crippen LogP contribution >= 0.6 is 11.6 Å². The Morgan fingerprint density at radius 3 is 2.23 bits per heavy atom. The first-order valence-corrected chi connectivity index (χ1v) is 9.54. The first kappa shape index (κ1) is 19.0. The third kappa shape index (κ3) is 4.89. The van der Waals surface area contributed by atoms with E-state index in [-0.39, 0.29) is 24.3 Å². The fourth-order valence-electron chi connectivity index (χ4n) is 3.43. The Kier molecular flexibility index (Phi) is 6.38. The summed E-state index contributed by atoms with van der Waals surface area (Å²) in [6.07, 6.45) is 1.47. The maximum Gasteiger partial charge on any atom is 0.260 e. The molecule has 0 atom stereocenters. The molecule has 2 aliphatic rings. The van der Waals surface area contributed by atoms with Crippen molar-refractivity contribution in [3.63, 3.8) is 0 Å². The van der Waals surface area contributed by atoms with Crippen LogP contribution < -0.4 is 4.74 Å². The quantitative estimate of drug-likeness (QED) is 0.799. The number of likely N-dealkylation sites (N-methyl/N-ethyl adjacent to an activating group) is 1. The molecule has 7 heteroatoms. The number of piperazine rings is 1. The van der Waals surface area contributed by atoms with Crippen LogP contribution in [0.3, 0.4) is 0 Å². The zero-order valence-electron chi connectivity index (χ0n) is 15.2. The molecule has 2 amide bonds. The van der Waals surface area contributed by atoms with Crippen LogP contribution in [0.2, 0.25) is 5.02 Å². The SMILES string of the molecule is CN1CCN(C(=O)C2CCN(C(=O)COc3ccc(Cl)cc3)CC2)CC1. The highest BCUT2D eigenvalue weighted by Gasteiger charge is 2.31. The monoisotopic (exact) mass is 379 g/mol. The van der Waals surface area contributed by atoms with Gasteiger partial charge in [0.25, 0.3) is 5.91 Å². The number of piperidine rings is 1. The number of nitrogens with zero attached hydrogens (tertiary/aromatic N) is 3. The number of halogens is 1. The molecule has 3 rings (SSSR count). The van der Waals surface area contributed by atoms with Crippen molar-refractivity contribution in [3.05, 3.63) is 29.3 Å². The van der Waals surface area contributed by atoms with Gasteiger partial charge in [-0.15, -0.1) is 0 Å². The Labute approximate surface area is 159 Å². The molecule has 0 spiro atoms. The molecular formula is C19H26ClN3O3. The number of ether oxygens (including phenoxy) is 1. The van der Waals surface area contributed by atoms with Gasteiger partial charge in [0.2, 0.25) is 5.91 Å². The summed E-state index contributed by atoms with van der Waals surface area (Å²) in [6.45, 7) is 4.74. The normalized spacial score (nSPS) is 19.5. The zero-order chi connectivity index (χ0) is 18.5. The van der Waals surface area contributed by atoms with Crippen molar-refractivity contribution in [1.82, 2.24) is 14.7 Å². The molecule has 0 aliphatic carbocycles. The van der Waals surface area contributed by atoms with Gasteiger partial charge >= 0.3 is 0 Å². The molecule has 2 aliphatic heterocycles. The van der Waals surface area contributed by atoms with Crippen molar-refractivity contribution in [3.8, 4) is 5.75 Å². The standard InChI is InChI=1S/C19H26ClN3O3/c1-21-10-12-23(13-11-21)19(25)15-6-8-22(9-7-15)18(24)14-26-17-4-2-16(20)3-5-17/h2-5,15H,6-14H2,1H3. The van der Waals surface area contributed by atoms with Gasteiger partial charge in [0.05, 0.1) is 0 Å². The Hall–Kier alpha value is -1.79. The third-order valence-electron chi connectivity index (χ3n) is 5.19. The van der Waals surface area contributed by atoms with Crippen molar-refractivity contribution in [1.29, 1.82) is 0 Å². The summed E-state index contributed by atoms with van der Waals surface area (Å²) < 4.78 is 5.53. The van der Waals surface area contributed by atoms with Crippen LogP contribution in [-0.2, 0) is 9.59 Å². The van der Waals surface area contributed by atoms with Gasteiger partial charge in [-0.2, -0.15) is 0 Å². The minimum Gasteiger partial charge on any atom is -0.484 e. The molecule has 2 heterocycles. The van der Waals surface area contributed by atoms with E-state index in [9.17, 15) is 9.59 Å². The van der Waals surface area contributed by atoms with Gasteiger partial charge in [-0.05, 0) is 44.2 Å². The fraction of sp³-hybridized carbons (Fsp3) is 0.579. The predicted molar refractivity (Wildman–Crippen MR) is 100 cm³/mol. The van der Waals surface area contributed by atoms with Crippen molar-refractivity contribution in [2.24, 2.45) is 5.92 Å². The van der Waals surface area contributed by atoms with E-state index in [2.05, 4.69) is 11.9 Å². The van der Waals surface area contributed by atoms with E-state index >= 15 is 0 Å². The molecule has 0 bridgehead atoms. The van der Waals surface area contributed by atoms with Crippen molar-refractivity contribution in [2.45, 2.75) is 12.8 Å². The van der Waals surface area contributed by atoms with Gasteiger partial charge in [0.1, 0.15) is 5.75 Å². The number of likely N-dealkylation sites (tertiary alicyclic amines) is 1. The summed E-state index contributed by atoms with van der Waals surface area (Å²) in [5.74, 6) is 0.885. The van der Waals surface area contributed by atoms with Gasteiger partial charge < -0.3 is 19.4 Å². The highest BCUT2D eigenvalue weighted by molar-refractivity contribution is 6.30. The maximum atomic E-state index is 12.6. The second-order valence-corrected chi connectivity index (χ2v) is 7.46. The Morgan fingerprint density at radius 2 is 1.62 bits per heavy atom. The molecule has 0 saturated carbocycles. The molecule has 0 radical (unpaired) electrons. The van der Waals surface area contributed by atoms with Crippen molar-refractivity contribution >= 4 is 23.4 Å². The number of rotatable bonds is 4. The molecule has 2 saturated heterocycles. The lowest BCUT2D eigenvalue weighted by molar-refractivity contribution is -0.142. The van der Waals surface area contributed by atoms with E-state index < -0.39 is 0 Å². The predicted octanol–water partition coefficient (Wildman–Crippen LogP) is 1.73. The van der Waals surface area contributed by atoms with Crippen LogP contribution in [0.1, 0.15) is 12.8 Å². The minimum atomic E-state index is -0.0366. The number of carbonyl (C=O) groups is 2. The second kappa shape index (κ2) is 8.73. The van der Waals surface area contributed by atoms with Gasteiger partial charge in [-0.1, -0.05) is 11.6 Å². The average Bonchev–Trinajstić information content (AvgIpc) is 2.67. The molecule has 1 aromatic rings. The maximum absolute atomic E-state index is 12.6. The number of amides is 2. The van der Waals surface area contributed by atoms with Crippen molar-refractivity contribution in [2.75, 3.05) is 52.9 Å². The second-order valence-electron chi connectivity index (χ2n) is 7.03. The molecular weight excluding hydrogens is 354 g/mol. The van der Waals surface area contributed by atoms with E-state index in [0.29, 0.717) is 23.9 Å². The van der Waals surface area contributed by atoms with E-state index in [0.717, 1.165) is 39.0 Å². The number of benzene rings is 1. The lowest BCUT2D eigenvalue weighted by Gasteiger charge is -2.37. The summed E-state index contributed by atoms with van der Waals surface area (Å²) in [6, 6.07) is 6.96. The summed E-state index contributed by atoms with van der Waals surface area (Å²) >= 11 is 5.83. The topological polar surface area (TPSA) is 53.1 Å². The summed E-state index contributed by atoms with van der Waals surface area (Å²) in [5, 5.41) is 0.635. The molecule has 26 heavy (non-hydrogen) atoms. The van der Waals surface area contributed by atoms with E-state index in [4.69, 9.17) is 16.3 Å². The molecule has 0 unspecified atom stereocenters. The smallest absolute Gasteiger partial charge is 0.260 e. The first-order valence-electron chi connectivity index (χ1n) is 9.16. The molecule has 0 N–H and O–H groups in total. The van der Waals surface area contributed by atoms with Gasteiger partial charge in [-0.3, -0.25) is 9.59 Å². The van der Waals surface area contributed by atoms with Crippen LogP contribution in [0.15, 0.2) is 24.3 Å². The average molecular weight is 380 g/mol. The summed E-state index contributed by atoms with van der Waals surface area (Å²) in [5.41, 5.74) is 0. The number of carbonyl (C=O) groups excluding carboxylic acids is 2. The van der Waals surface area contributed by atoms with E-state index in [1.54, 1.807) is 29.2 Å². The molecule has 2 fully saturated rings. The van der Waals surface area contributed by atoms with Crippen LogP contribution in [0.25, 0.3) is 0 Å². The highest BCUT2D eigenvalue weighted by atomic mass is 35.5. The largest absolute Gasteiger partial charge is 0.484 e. The van der Waals surface area contributed by atoms with E-state index in [1.165, 1.54) is 0 Å².